The van der Waals surface area contributed by atoms with Gasteiger partial charge in [0.1, 0.15) is 6.54 Å². The van der Waals surface area contributed by atoms with Crippen LogP contribution in [0.3, 0.4) is 0 Å². The molecule has 0 radical (unpaired) electrons. The summed E-state index contributed by atoms with van der Waals surface area (Å²) in [5.41, 5.74) is 0.662. The maximum absolute atomic E-state index is 12.1. The molecule has 4 nitrogen and oxygen atoms in total. The number of hydrogen-bond acceptors (Lipinski definition) is 3. The third-order valence-electron chi connectivity index (χ3n) is 4.71. The third kappa shape index (κ3) is 1.67. The first-order chi connectivity index (χ1) is 10.1. The van der Waals surface area contributed by atoms with Crippen molar-refractivity contribution in [1.82, 2.24) is 0 Å². The van der Waals surface area contributed by atoms with Crippen LogP contribution in [0.2, 0.25) is 0 Å². The van der Waals surface area contributed by atoms with Crippen molar-refractivity contribution >= 4 is 28.4 Å². The van der Waals surface area contributed by atoms with E-state index in [0.29, 0.717) is 0 Å². The highest BCUT2D eigenvalue weighted by molar-refractivity contribution is 8.14. The highest BCUT2D eigenvalue weighted by atomic mass is 32.2. The molecule has 0 aliphatic carbocycles. The molecule has 5 heteroatoms. The summed E-state index contributed by atoms with van der Waals surface area (Å²) in [5, 5.41) is 12.5. The largest absolute Gasteiger partial charge is 0.328 e. The van der Waals surface area contributed by atoms with Crippen molar-refractivity contribution in [3.05, 3.63) is 29.8 Å². The Morgan fingerprint density at radius 2 is 2.19 bits per heavy atom. The van der Waals surface area contributed by atoms with Crippen LogP contribution in [-0.4, -0.2) is 32.6 Å². The molecule has 0 bridgehead atoms. The van der Waals surface area contributed by atoms with Gasteiger partial charge in [0.25, 0.3) is 0 Å². The summed E-state index contributed by atoms with van der Waals surface area (Å²) in [5.74, 6) is -0.00543. The first-order valence-corrected chi connectivity index (χ1v) is 8.44. The molecule has 3 heterocycles. The second-order valence-corrected chi connectivity index (χ2v) is 7.11. The molecule has 1 aromatic rings. The highest BCUT2D eigenvalue weighted by Crippen LogP contribution is 2.53. The molecule has 2 atom stereocenters. The molecule has 3 aliphatic heterocycles. The highest BCUT2D eigenvalue weighted by Gasteiger charge is 2.65. The van der Waals surface area contributed by atoms with Crippen molar-refractivity contribution in [2.24, 2.45) is 0 Å². The number of thioether (sulfide) groups is 1. The normalized spacial score (nSPS) is 30.8. The molecule has 0 spiro atoms. The van der Waals surface area contributed by atoms with Gasteiger partial charge in [-0.3, -0.25) is 9.69 Å². The monoisotopic (exact) mass is 303 g/mol. The molecule has 21 heavy (non-hydrogen) atoms. The lowest BCUT2D eigenvalue weighted by Crippen LogP contribution is -2.48. The smallest absolute Gasteiger partial charge is 0.326 e. The number of carbonyl (C=O) groups excluding carboxylic acids is 1. The summed E-state index contributed by atoms with van der Waals surface area (Å²) in [4.78, 5) is 13.9. The number of benzene rings is 1. The van der Waals surface area contributed by atoms with Crippen LogP contribution in [0.25, 0.3) is 0 Å². The Bertz CT molecular complexity index is 657. The van der Waals surface area contributed by atoms with Gasteiger partial charge in [-0.05, 0) is 36.7 Å². The zero-order chi connectivity index (χ0) is 14.6. The lowest BCUT2D eigenvalue weighted by Gasteiger charge is -2.24. The Morgan fingerprint density at radius 1 is 1.38 bits per heavy atom. The van der Waals surface area contributed by atoms with Crippen molar-refractivity contribution in [3.63, 3.8) is 0 Å². The van der Waals surface area contributed by atoms with E-state index in [0.717, 1.165) is 30.6 Å². The van der Waals surface area contributed by atoms with Gasteiger partial charge in [0.05, 0.1) is 11.3 Å². The lowest BCUT2D eigenvalue weighted by atomic mass is 10.0. The van der Waals surface area contributed by atoms with Gasteiger partial charge >= 0.3 is 5.72 Å². The van der Waals surface area contributed by atoms with Crippen LogP contribution in [0.1, 0.15) is 38.2 Å². The summed E-state index contributed by atoms with van der Waals surface area (Å²) < 4.78 is 2.15. The van der Waals surface area contributed by atoms with Gasteiger partial charge in [0.2, 0.25) is 11.0 Å². The number of carbonyl (C=O) groups is 1. The summed E-state index contributed by atoms with van der Waals surface area (Å²) >= 11 is 1.67. The zero-order valence-corrected chi connectivity index (χ0v) is 12.9. The summed E-state index contributed by atoms with van der Waals surface area (Å²) in [6.07, 6.45) is 4.49. The van der Waals surface area contributed by atoms with Crippen molar-refractivity contribution in [2.75, 3.05) is 11.4 Å². The molecule has 110 valence electrons. The molecule has 1 aromatic carbocycles. The Hall–Kier alpha value is -1.33. The van der Waals surface area contributed by atoms with Crippen LogP contribution in [0.4, 0.5) is 5.69 Å². The van der Waals surface area contributed by atoms with Gasteiger partial charge < -0.3 is 5.11 Å². The van der Waals surface area contributed by atoms with Crippen molar-refractivity contribution in [3.8, 4) is 0 Å². The Labute approximate surface area is 128 Å². The van der Waals surface area contributed by atoms with Crippen molar-refractivity contribution in [1.29, 1.82) is 0 Å². The van der Waals surface area contributed by atoms with Crippen molar-refractivity contribution in [2.45, 2.75) is 43.7 Å². The van der Waals surface area contributed by atoms with Gasteiger partial charge in [-0.1, -0.05) is 12.1 Å². The van der Waals surface area contributed by atoms with Gasteiger partial charge in [0, 0.05) is 19.8 Å². The number of aliphatic hydroxyl groups is 1. The van der Waals surface area contributed by atoms with Crippen LogP contribution >= 0.6 is 11.8 Å². The minimum Gasteiger partial charge on any atom is -0.328 e. The standard InChI is InChI=1S/C16H19N2O2S/c1-11(19)18-13-8-5-4-7-12(13)16(20)15(18)21-14-9-3-2-6-10-17(14)16/h4-5,7-8,15,20H,2-3,6,9-10H2,1H3/q+1/t15?,16-/m1/s1. The minimum absolute atomic E-state index is 0.00543. The van der Waals surface area contributed by atoms with Crippen molar-refractivity contribution < 1.29 is 14.5 Å². The fourth-order valence-electron chi connectivity index (χ4n) is 3.78. The number of amides is 1. The second kappa shape index (κ2) is 4.58. The summed E-state index contributed by atoms with van der Waals surface area (Å²) in [6.45, 7) is 2.45. The minimum atomic E-state index is -1.06. The number of hydrogen-bond donors (Lipinski definition) is 1. The molecule has 1 amide bonds. The second-order valence-electron chi connectivity index (χ2n) is 5.96. The fraction of sp³-hybridized carbons (Fsp3) is 0.500. The first-order valence-electron chi connectivity index (χ1n) is 7.56. The molecular formula is C16H19N2O2S+. The van der Waals surface area contributed by atoms with Gasteiger partial charge in [-0.2, -0.15) is 4.58 Å². The number of nitrogens with zero attached hydrogens (tertiary/aromatic N) is 2. The predicted octanol–water partition coefficient (Wildman–Crippen LogP) is 2.26. The topological polar surface area (TPSA) is 43.6 Å². The van der Waals surface area contributed by atoms with Crippen LogP contribution in [0, 0.1) is 0 Å². The van der Waals surface area contributed by atoms with E-state index >= 15 is 0 Å². The third-order valence-corrected chi connectivity index (χ3v) is 6.17. The molecule has 3 aliphatic rings. The molecular weight excluding hydrogens is 284 g/mol. The number of fused-ring (bicyclic) bond motifs is 4. The van der Waals surface area contributed by atoms with Gasteiger partial charge in [0.15, 0.2) is 5.37 Å². The van der Waals surface area contributed by atoms with E-state index in [-0.39, 0.29) is 11.3 Å². The first kappa shape index (κ1) is 13.3. The van der Waals surface area contributed by atoms with Gasteiger partial charge in [-0.25, -0.2) is 0 Å². The molecule has 1 N–H and O–H groups in total. The molecule has 0 saturated carbocycles. The fourth-order valence-corrected chi connectivity index (χ4v) is 5.44. The number of para-hydroxylation sites is 1. The number of rotatable bonds is 0. The van der Waals surface area contributed by atoms with Crippen LogP contribution < -0.4 is 4.90 Å². The molecule has 0 fully saturated rings. The zero-order valence-electron chi connectivity index (χ0n) is 12.1. The quantitative estimate of drug-likeness (QED) is 0.748. The van der Waals surface area contributed by atoms with E-state index in [1.165, 1.54) is 17.9 Å². The van der Waals surface area contributed by atoms with E-state index in [1.54, 1.807) is 23.6 Å². The summed E-state index contributed by atoms with van der Waals surface area (Å²) in [6, 6.07) is 7.76. The van der Waals surface area contributed by atoms with E-state index in [2.05, 4.69) is 4.58 Å². The maximum atomic E-state index is 12.1. The number of anilines is 1. The molecule has 1 unspecified atom stereocenters. The summed E-state index contributed by atoms with van der Waals surface area (Å²) in [7, 11) is 0. The van der Waals surface area contributed by atoms with E-state index in [1.807, 2.05) is 24.3 Å². The Kier molecular flexibility index (Phi) is 2.91. The van der Waals surface area contributed by atoms with E-state index < -0.39 is 5.72 Å². The molecule has 4 rings (SSSR count). The maximum Gasteiger partial charge on any atom is 0.326 e. The predicted molar refractivity (Wildman–Crippen MR) is 83.5 cm³/mol. The molecule has 0 saturated heterocycles. The van der Waals surface area contributed by atoms with Crippen LogP contribution in [0.15, 0.2) is 24.3 Å². The average Bonchev–Trinajstić information content (AvgIpc) is 2.75. The SMILES string of the molecule is CC(=O)N1c2ccccc2[C@@]2(O)C1SC1=[N+]2CCCCC1. The van der Waals surface area contributed by atoms with Gasteiger partial charge in [-0.15, -0.1) is 0 Å². The average molecular weight is 303 g/mol. The van der Waals surface area contributed by atoms with E-state index in [9.17, 15) is 9.90 Å². The van der Waals surface area contributed by atoms with Crippen LogP contribution in [0.5, 0.6) is 0 Å². The Morgan fingerprint density at radius 3 is 3.00 bits per heavy atom. The Balaban J connectivity index is 1.91. The van der Waals surface area contributed by atoms with E-state index in [4.69, 9.17) is 0 Å². The molecule has 0 aromatic heterocycles. The van der Waals surface area contributed by atoms with Crippen LogP contribution in [-0.2, 0) is 10.5 Å². The lowest BCUT2D eigenvalue weighted by molar-refractivity contribution is -0.661.